The van der Waals surface area contributed by atoms with Crippen LogP contribution >= 0.6 is 0 Å². The average molecular weight is 318 g/mol. The van der Waals surface area contributed by atoms with Gasteiger partial charge in [0.15, 0.2) is 0 Å². The number of amides is 2. The van der Waals surface area contributed by atoms with Crippen LogP contribution < -0.4 is 15.4 Å². The van der Waals surface area contributed by atoms with Gasteiger partial charge in [-0.05, 0) is 19.1 Å². The number of nitrogens with zero attached hydrogens (tertiary/aromatic N) is 2. The minimum absolute atomic E-state index is 0.0849. The van der Waals surface area contributed by atoms with Gasteiger partial charge in [-0.25, -0.2) is 4.79 Å². The van der Waals surface area contributed by atoms with Gasteiger partial charge in [-0.3, -0.25) is 4.68 Å². The predicted molar refractivity (Wildman–Crippen MR) is 86.2 cm³/mol. The maximum atomic E-state index is 11.9. The minimum Gasteiger partial charge on any atom is -0.496 e. The number of urea groups is 1. The van der Waals surface area contributed by atoms with Crippen molar-refractivity contribution in [1.29, 1.82) is 0 Å². The first kappa shape index (κ1) is 16.8. The Labute approximate surface area is 135 Å². The van der Waals surface area contributed by atoms with Crippen LogP contribution in [0.15, 0.2) is 42.7 Å². The van der Waals surface area contributed by atoms with E-state index in [9.17, 15) is 9.90 Å². The van der Waals surface area contributed by atoms with Crippen LogP contribution in [0, 0.1) is 0 Å². The second-order valence-electron chi connectivity index (χ2n) is 5.24. The predicted octanol–water partition coefficient (Wildman–Crippen LogP) is 1.31. The molecule has 23 heavy (non-hydrogen) atoms. The molecule has 0 saturated carbocycles. The Morgan fingerprint density at radius 3 is 2.87 bits per heavy atom. The third-order valence-electron chi connectivity index (χ3n) is 3.35. The van der Waals surface area contributed by atoms with Gasteiger partial charge in [-0.15, -0.1) is 0 Å². The number of methoxy groups -OCH3 is 1. The van der Waals surface area contributed by atoms with Gasteiger partial charge in [-0.2, -0.15) is 5.10 Å². The molecule has 124 valence electrons. The van der Waals surface area contributed by atoms with Crippen molar-refractivity contribution in [3.63, 3.8) is 0 Å². The molecular weight excluding hydrogens is 296 g/mol. The lowest BCUT2D eigenvalue weighted by molar-refractivity contribution is 0.168. The lowest BCUT2D eigenvalue weighted by Crippen LogP contribution is -2.43. The number of nitrogens with one attached hydrogen (secondary N) is 2. The summed E-state index contributed by atoms with van der Waals surface area (Å²) in [6.45, 7) is 2.56. The largest absolute Gasteiger partial charge is 0.496 e. The van der Waals surface area contributed by atoms with Gasteiger partial charge < -0.3 is 20.5 Å². The molecule has 0 radical (unpaired) electrons. The van der Waals surface area contributed by atoms with Gasteiger partial charge in [-0.1, -0.05) is 18.2 Å². The molecule has 2 amide bonds. The van der Waals surface area contributed by atoms with Crippen molar-refractivity contribution < 1.29 is 14.6 Å². The van der Waals surface area contributed by atoms with Crippen LogP contribution in [-0.2, 0) is 6.54 Å². The Balaban J connectivity index is 1.79. The Morgan fingerprint density at radius 2 is 2.17 bits per heavy atom. The van der Waals surface area contributed by atoms with Gasteiger partial charge in [0.05, 0.1) is 19.8 Å². The molecule has 1 aromatic heterocycles. The second kappa shape index (κ2) is 8.19. The van der Waals surface area contributed by atoms with E-state index in [1.165, 1.54) is 0 Å². The van der Waals surface area contributed by atoms with Crippen molar-refractivity contribution in [2.75, 3.05) is 13.7 Å². The summed E-state index contributed by atoms with van der Waals surface area (Å²) >= 11 is 0. The summed E-state index contributed by atoms with van der Waals surface area (Å²) in [4.78, 5) is 11.9. The fourth-order valence-corrected chi connectivity index (χ4v) is 2.25. The fraction of sp³-hybridized carbons (Fsp3) is 0.375. The Hall–Kier alpha value is -2.54. The van der Waals surface area contributed by atoms with Gasteiger partial charge >= 0.3 is 6.03 Å². The Morgan fingerprint density at radius 1 is 1.39 bits per heavy atom. The van der Waals surface area contributed by atoms with Crippen LogP contribution in [0.25, 0.3) is 0 Å². The van der Waals surface area contributed by atoms with Crippen LogP contribution in [-0.4, -0.2) is 40.6 Å². The van der Waals surface area contributed by atoms with E-state index < -0.39 is 6.10 Å². The SMILES string of the molecule is COc1ccccc1C(O)CNC(=O)NC(C)Cn1cccn1. The quantitative estimate of drug-likeness (QED) is 0.718. The van der Waals surface area contributed by atoms with Crippen LogP contribution in [0.3, 0.4) is 0 Å². The lowest BCUT2D eigenvalue weighted by atomic mass is 10.1. The van der Waals surface area contributed by atoms with E-state index in [0.29, 0.717) is 17.9 Å². The van der Waals surface area contributed by atoms with Gasteiger partial charge in [0, 0.05) is 30.5 Å². The average Bonchev–Trinajstić information content (AvgIpc) is 3.05. The van der Waals surface area contributed by atoms with Crippen molar-refractivity contribution in [2.45, 2.75) is 25.6 Å². The highest BCUT2D eigenvalue weighted by Gasteiger charge is 2.14. The summed E-state index contributed by atoms with van der Waals surface area (Å²) in [7, 11) is 1.54. The van der Waals surface area contributed by atoms with Crippen LogP contribution in [0.1, 0.15) is 18.6 Å². The van der Waals surface area contributed by atoms with Crippen molar-refractivity contribution in [3.05, 3.63) is 48.3 Å². The molecule has 0 aliphatic heterocycles. The number of carbonyl (C=O) groups excluding carboxylic acids is 1. The number of ether oxygens (including phenoxy) is 1. The molecule has 0 bridgehead atoms. The number of carbonyl (C=O) groups is 1. The maximum Gasteiger partial charge on any atom is 0.315 e. The smallest absolute Gasteiger partial charge is 0.315 e. The van der Waals surface area contributed by atoms with E-state index in [0.717, 1.165) is 0 Å². The summed E-state index contributed by atoms with van der Waals surface area (Å²) < 4.78 is 6.94. The molecule has 0 aliphatic carbocycles. The fourth-order valence-electron chi connectivity index (χ4n) is 2.25. The molecule has 7 heteroatoms. The summed E-state index contributed by atoms with van der Waals surface area (Å²) in [5.41, 5.74) is 0.639. The lowest BCUT2D eigenvalue weighted by Gasteiger charge is -2.18. The maximum absolute atomic E-state index is 11.9. The highest BCUT2D eigenvalue weighted by atomic mass is 16.5. The minimum atomic E-state index is -0.835. The summed E-state index contributed by atoms with van der Waals surface area (Å²) in [6, 6.07) is 8.58. The van der Waals surface area contributed by atoms with Gasteiger partial charge in [0.2, 0.25) is 0 Å². The molecule has 7 nitrogen and oxygen atoms in total. The summed E-state index contributed by atoms with van der Waals surface area (Å²) in [6.07, 6.45) is 2.69. The highest BCUT2D eigenvalue weighted by molar-refractivity contribution is 5.74. The summed E-state index contributed by atoms with van der Waals surface area (Å²) in [5.74, 6) is 0.592. The molecule has 0 fully saturated rings. The molecule has 0 saturated heterocycles. The van der Waals surface area contributed by atoms with Crippen LogP contribution in [0.5, 0.6) is 5.75 Å². The van der Waals surface area contributed by atoms with E-state index in [4.69, 9.17) is 4.74 Å². The van der Waals surface area contributed by atoms with E-state index in [2.05, 4.69) is 15.7 Å². The zero-order valence-electron chi connectivity index (χ0n) is 13.3. The summed E-state index contributed by atoms with van der Waals surface area (Å²) in [5, 5.41) is 19.7. The van der Waals surface area contributed by atoms with Crippen LogP contribution in [0.2, 0.25) is 0 Å². The van der Waals surface area contributed by atoms with Crippen molar-refractivity contribution in [1.82, 2.24) is 20.4 Å². The molecular formula is C16H22N4O3. The number of benzene rings is 1. The monoisotopic (exact) mass is 318 g/mol. The third-order valence-corrected chi connectivity index (χ3v) is 3.35. The molecule has 0 aliphatic rings. The molecule has 1 heterocycles. The number of aliphatic hydroxyl groups is 1. The first-order valence-corrected chi connectivity index (χ1v) is 7.43. The molecule has 2 aromatic rings. The third kappa shape index (κ3) is 5.00. The molecule has 2 atom stereocenters. The standard InChI is InChI=1S/C16H22N4O3/c1-12(11-20-9-5-8-18-20)19-16(22)17-10-14(21)13-6-3-4-7-15(13)23-2/h3-9,12,14,21H,10-11H2,1-2H3,(H2,17,19,22). The molecule has 2 rings (SSSR count). The van der Waals surface area contributed by atoms with Crippen molar-refractivity contribution in [3.8, 4) is 5.75 Å². The van der Waals surface area contributed by atoms with Crippen LogP contribution in [0.4, 0.5) is 4.79 Å². The van der Waals surface area contributed by atoms with Gasteiger partial charge in [0.1, 0.15) is 5.75 Å². The topological polar surface area (TPSA) is 88.4 Å². The first-order chi connectivity index (χ1) is 11.1. The number of hydrogen-bond acceptors (Lipinski definition) is 4. The Kier molecular flexibility index (Phi) is 5.99. The van der Waals surface area contributed by atoms with Crippen molar-refractivity contribution >= 4 is 6.03 Å². The highest BCUT2D eigenvalue weighted by Crippen LogP contribution is 2.23. The Bertz CT molecular complexity index is 616. The first-order valence-electron chi connectivity index (χ1n) is 7.43. The number of aromatic nitrogens is 2. The second-order valence-corrected chi connectivity index (χ2v) is 5.24. The van der Waals surface area contributed by atoms with E-state index in [1.54, 1.807) is 30.1 Å². The number of hydrogen-bond donors (Lipinski definition) is 3. The van der Waals surface area contributed by atoms with E-state index in [1.807, 2.05) is 31.3 Å². The number of aliphatic hydroxyl groups excluding tert-OH is 1. The normalized spacial score (nSPS) is 13.2. The van der Waals surface area contributed by atoms with Gasteiger partial charge in [0.25, 0.3) is 0 Å². The molecule has 2 unspecified atom stereocenters. The van der Waals surface area contributed by atoms with E-state index in [-0.39, 0.29) is 18.6 Å². The zero-order chi connectivity index (χ0) is 16.7. The molecule has 0 spiro atoms. The number of rotatable bonds is 7. The van der Waals surface area contributed by atoms with E-state index >= 15 is 0 Å². The molecule has 3 N–H and O–H groups in total. The zero-order valence-corrected chi connectivity index (χ0v) is 13.3. The number of para-hydroxylation sites is 1. The molecule has 1 aromatic carbocycles. The van der Waals surface area contributed by atoms with Crippen molar-refractivity contribution in [2.24, 2.45) is 0 Å².